The molecule has 0 aliphatic rings. The Labute approximate surface area is 130 Å². The van der Waals surface area contributed by atoms with Crippen molar-refractivity contribution < 1.29 is 9.21 Å². The normalized spacial score (nSPS) is 10.8. The van der Waals surface area contributed by atoms with Gasteiger partial charge in [0.05, 0.1) is 0 Å². The molecule has 0 fully saturated rings. The fourth-order valence-electron chi connectivity index (χ4n) is 2.46. The number of hydrogen-bond acceptors (Lipinski definition) is 4. The molecule has 4 heteroatoms. The number of benzene rings is 1. The Bertz CT molecular complexity index is 682. The highest BCUT2D eigenvalue weighted by Gasteiger charge is 2.09. The minimum Gasteiger partial charge on any atom is -0.422 e. The van der Waals surface area contributed by atoms with E-state index >= 15 is 0 Å². The zero-order valence-electron chi connectivity index (χ0n) is 13.3. The summed E-state index contributed by atoms with van der Waals surface area (Å²) in [5, 5.41) is 0.774. The topological polar surface area (TPSA) is 50.5 Å². The molecule has 0 aliphatic heterocycles. The van der Waals surface area contributed by atoms with Crippen LogP contribution >= 0.6 is 0 Å². The van der Waals surface area contributed by atoms with Crippen LogP contribution in [-0.4, -0.2) is 19.4 Å². The fourth-order valence-corrected chi connectivity index (χ4v) is 2.46. The first-order valence-corrected chi connectivity index (χ1v) is 7.97. The summed E-state index contributed by atoms with van der Waals surface area (Å²) in [6.07, 6.45) is 5.10. The van der Waals surface area contributed by atoms with Gasteiger partial charge in [-0.05, 0) is 31.0 Å². The Morgan fingerprint density at radius 2 is 1.77 bits per heavy atom. The summed E-state index contributed by atoms with van der Waals surface area (Å²) in [6, 6.07) is 7.42. The summed E-state index contributed by atoms with van der Waals surface area (Å²) in [7, 11) is 0. The molecule has 2 aromatic rings. The Kier molecular flexibility index (Phi) is 5.75. The largest absolute Gasteiger partial charge is 0.422 e. The zero-order valence-corrected chi connectivity index (χ0v) is 13.3. The minimum atomic E-state index is -0.576. The monoisotopic (exact) mass is 301 g/mol. The summed E-state index contributed by atoms with van der Waals surface area (Å²) in [5.41, 5.74) is 1.09. The van der Waals surface area contributed by atoms with Gasteiger partial charge in [-0.3, -0.25) is 4.79 Å². The predicted molar refractivity (Wildman–Crippen MR) is 89.9 cm³/mol. The van der Waals surface area contributed by atoms with Crippen molar-refractivity contribution in [3.63, 3.8) is 0 Å². The maximum Gasteiger partial charge on any atom is 0.346 e. The number of aldehydes is 1. The average Bonchev–Trinajstić information content (AvgIpc) is 2.54. The van der Waals surface area contributed by atoms with E-state index in [0.29, 0.717) is 11.9 Å². The van der Waals surface area contributed by atoms with E-state index in [-0.39, 0.29) is 5.56 Å². The quantitative estimate of drug-likeness (QED) is 0.546. The second kappa shape index (κ2) is 7.78. The van der Waals surface area contributed by atoms with E-state index in [2.05, 4.69) is 18.7 Å². The molecule has 0 atom stereocenters. The van der Waals surface area contributed by atoms with Crippen molar-refractivity contribution >= 4 is 22.9 Å². The van der Waals surface area contributed by atoms with Crippen LogP contribution in [0.2, 0.25) is 0 Å². The van der Waals surface area contributed by atoms with E-state index in [1.54, 1.807) is 6.07 Å². The van der Waals surface area contributed by atoms with E-state index in [4.69, 9.17) is 4.42 Å². The van der Waals surface area contributed by atoms with Crippen molar-refractivity contribution in [3.05, 3.63) is 40.2 Å². The molecule has 0 bridgehead atoms. The number of unbranched alkanes of at least 4 members (excludes halogenated alkanes) is 2. The van der Waals surface area contributed by atoms with Crippen LogP contribution in [0.15, 0.2) is 33.5 Å². The van der Waals surface area contributed by atoms with Crippen molar-refractivity contribution in [1.82, 2.24) is 0 Å². The van der Waals surface area contributed by atoms with E-state index in [0.717, 1.165) is 49.8 Å². The molecule has 0 aliphatic carbocycles. The third kappa shape index (κ3) is 3.75. The van der Waals surface area contributed by atoms with Gasteiger partial charge in [-0.2, -0.15) is 0 Å². The highest BCUT2D eigenvalue weighted by Crippen LogP contribution is 2.22. The second-order valence-corrected chi connectivity index (χ2v) is 5.52. The van der Waals surface area contributed by atoms with Crippen LogP contribution in [0.1, 0.15) is 49.9 Å². The van der Waals surface area contributed by atoms with E-state index in [1.165, 1.54) is 0 Å². The Morgan fingerprint density at radius 3 is 2.36 bits per heavy atom. The summed E-state index contributed by atoms with van der Waals surface area (Å²) >= 11 is 0. The first-order chi connectivity index (χ1) is 10.7. The van der Waals surface area contributed by atoms with Gasteiger partial charge in [0.25, 0.3) is 0 Å². The Morgan fingerprint density at radius 1 is 1.09 bits per heavy atom. The van der Waals surface area contributed by atoms with Gasteiger partial charge in [-0.1, -0.05) is 26.7 Å². The molecule has 0 spiro atoms. The number of rotatable bonds is 8. The lowest BCUT2D eigenvalue weighted by molar-refractivity contribution is 0.112. The van der Waals surface area contributed by atoms with Crippen LogP contribution in [0.5, 0.6) is 0 Å². The fraction of sp³-hybridized carbons (Fsp3) is 0.444. The summed E-state index contributed by atoms with van der Waals surface area (Å²) in [6.45, 7) is 6.36. The van der Waals surface area contributed by atoms with Crippen molar-refractivity contribution in [3.8, 4) is 0 Å². The van der Waals surface area contributed by atoms with Gasteiger partial charge in [0.2, 0.25) is 0 Å². The average molecular weight is 301 g/mol. The molecule has 1 heterocycles. The first-order valence-electron chi connectivity index (χ1n) is 7.97. The lowest BCUT2D eigenvalue weighted by atomic mass is 10.1. The van der Waals surface area contributed by atoms with Gasteiger partial charge >= 0.3 is 5.63 Å². The number of anilines is 1. The van der Waals surface area contributed by atoms with Gasteiger partial charge in [0.15, 0.2) is 6.29 Å². The maximum absolute atomic E-state index is 11.7. The molecular weight excluding hydrogens is 278 g/mol. The number of carbonyl (C=O) groups excluding carboxylic acids is 1. The number of fused-ring (bicyclic) bond motifs is 1. The molecule has 0 saturated carbocycles. The molecule has 1 aromatic carbocycles. The molecule has 0 unspecified atom stereocenters. The number of carbonyl (C=O) groups is 1. The number of hydrogen-bond donors (Lipinski definition) is 0. The molecule has 0 amide bonds. The van der Waals surface area contributed by atoms with Crippen LogP contribution in [0.25, 0.3) is 11.0 Å². The second-order valence-electron chi connectivity index (χ2n) is 5.52. The highest BCUT2D eigenvalue weighted by molar-refractivity contribution is 5.86. The SMILES string of the molecule is CCCCN(CCCC)c1ccc2cc(C=O)c(=O)oc2c1. The third-order valence-corrected chi connectivity index (χ3v) is 3.80. The van der Waals surface area contributed by atoms with E-state index in [1.807, 2.05) is 18.2 Å². The zero-order chi connectivity index (χ0) is 15.9. The van der Waals surface area contributed by atoms with Gasteiger partial charge in [-0.15, -0.1) is 0 Å². The highest BCUT2D eigenvalue weighted by atomic mass is 16.4. The first kappa shape index (κ1) is 16.3. The maximum atomic E-state index is 11.7. The lowest BCUT2D eigenvalue weighted by Crippen LogP contribution is -2.25. The van der Waals surface area contributed by atoms with Gasteiger partial charge in [0.1, 0.15) is 11.1 Å². The van der Waals surface area contributed by atoms with Crippen molar-refractivity contribution in [2.45, 2.75) is 39.5 Å². The summed E-state index contributed by atoms with van der Waals surface area (Å²) in [5.74, 6) is 0. The van der Waals surface area contributed by atoms with Crippen LogP contribution in [-0.2, 0) is 0 Å². The summed E-state index contributed by atoms with van der Waals surface area (Å²) < 4.78 is 5.27. The van der Waals surface area contributed by atoms with Crippen molar-refractivity contribution in [2.24, 2.45) is 0 Å². The van der Waals surface area contributed by atoms with Gasteiger partial charge < -0.3 is 9.32 Å². The molecule has 0 saturated heterocycles. The Balaban J connectivity index is 2.36. The lowest BCUT2D eigenvalue weighted by Gasteiger charge is -2.24. The number of nitrogens with zero attached hydrogens (tertiary/aromatic N) is 1. The van der Waals surface area contributed by atoms with Gasteiger partial charge in [-0.25, -0.2) is 4.79 Å². The standard InChI is InChI=1S/C18H23NO3/c1-3-5-9-19(10-6-4-2)16-8-7-14-11-15(13-20)18(21)22-17(14)12-16/h7-8,11-13H,3-6,9-10H2,1-2H3. The summed E-state index contributed by atoms with van der Waals surface area (Å²) in [4.78, 5) is 24.8. The molecule has 1 aromatic heterocycles. The van der Waals surface area contributed by atoms with Crippen LogP contribution in [0, 0.1) is 0 Å². The van der Waals surface area contributed by atoms with E-state index < -0.39 is 5.63 Å². The molecule has 4 nitrogen and oxygen atoms in total. The van der Waals surface area contributed by atoms with Crippen LogP contribution in [0.3, 0.4) is 0 Å². The third-order valence-electron chi connectivity index (χ3n) is 3.80. The molecule has 2 rings (SSSR count). The van der Waals surface area contributed by atoms with Gasteiger partial charge in [0, 0.05) is 30.2 Å². The van der Waals surface area contributed by atoms with Crippen molar-refractivity contribution in [1.29, 1.82) is 0 Å². The minimum absolute atomic E-state index is 0.0640. The molecule has 22 heavy (non-hydrogen) atoms. The van der Waals surface area contributed by atoms with Crippen molar-refractivity contribution in [2.75, 3.05) is 18.0 Å². The van der Waals surface area contributed by atoms with Crippen LogP contribution < -0.4 is 10.5 Å². The molecular formula is C18H23NO3. The van der Waals surface area contributed by atoms with Crippen LogP contribution in [0.4, 0.5) is 5.69 Å². The molecule has 118 valence electrons. The molecule has 0 radical (unpaired) electrons. The smallest absolute Gasteiger partial charge is 0.346 e. The Hall–Kier alpha value is -2.10. The van der Waals surface area contributed by atoms with E-state index in [9.17, 15) is 9.59 Å². The predicted octanol–water partition coefficient (Wildman–Crippen LogP) is 4.01. The molecule has 0 N–H and O–H groups in total.